The molecule has 2 rings (SSSR count). The van der Waals surface area contributed by atoms with Gasteiger partial charge < -0.3 is 10.7 Å². The van der Waals surface area contributed by atoms with Crippen molar-refractivity contribution in [3.63, 3.8) is 0 Å². The Kier molecular flexibility index (Phi) is 3.93. The van der Waals surface area contributed by atoms with E-state index in [4.69, 9.17) is 5.84 Å². The van der Waals surface area contributed by atoms with Crippen LogP contribution in [0.5, 0.6) is 0 Å². The molecule has 2 aromatic heterocycles. The molecule has 0 aliphatic rings. The van der Waals surface area contributed by atoms with Crippen LogP contribution >= 0.6 is 11.3 Å². The minimum absolute atomic E-state index is 0.0617. The van der Waals surface area contributed by atoms with Crippen LogP contribution < -0.4 is 16.6 Å². The summed E-state index contributed by atoms with van der Waals surface area (Å²) in [6.07, 6.45) is 0. The number of thiophene rings is 1. The molecule has 100 valence electrons. The molecule has 2 aromatic rings. The van der Waals surface area contributed by atoms with Crippen LogP contribution in [0.4, 0.5) is 17.3 Å². The van der Waals surface area contributed by atoms with Crippen molar-refractivity contribution in [2.75, 3.05) is 10.7 Å². The number of hydrogen-bond acceptors (Lipinski definition) is 7. The number of nitrogens with one attached hydrogen (secondary N) is 2. The van der Waals surface area contributed by atoms with E-state index >= 15 is 0 Å². The van der Waals surface area contributed by atoms with Crippen molar-refractivity contribution in [3.05, 3.63) is 44.1 Å². The fourth-order valence-corrected chi connectivity index (χ4v) is 2.39. The highest BCUT2D eigenvalue weighted by Crippen LogP contribution is 2.22. The largest absolute Gasteiger partial charge is 0.365 e. The van der Waals surface area contributed by atoms with Crippen LogP contribution in [-0.2, 0) is 6.54 Å². The van der Waals surface area contributed by atoms with E-state index in [-0.39, 0.29) is 11.5 Å². The van der Waals surface area contributed by atoms with Gasteiger partial charge in [0.2, 0.25) is 0 Å². The maximum absolute atomic E-state index is 10.8. The van der Waals surface area contributed by atoms with Crippen LogP contribution in [0.1, 0.15) is 10.4 Å². The second kappa shape index (κ2) is 5.63. The lowest BCUT2D eigenvalue weighted by atomic mass is 10.3. The molecule has 0 aromatic carbocycles. The summed E-state index contributed by atoms with van der Waals surface area (Å²) in [6, 6.07) is 4.68. The summed E-state index contributed by atoms with van der Waals surface area (Å²) in [5.74, 6) is 5.90. The van der Waals surface area contributed by atoms with Gasteiger partial charge in [0.05, 0.1) is 23.6 Å². The summed E-state index contributed by atoms with van der Waals surface area (Å²) in [7, 11) is 0. The number of anilines is 2. The van der Waals surface area contributed by atoms with E-state index in [9.17, 15) is 10.1 Å². The summed E-state index contributed by atoms with van der Waals surface area (Å²) in [4.78, 5) is 15.6. The summed E-state index contributed by atoms with van der Waals surface area (Å²) in [6.45, 7) is 2.59. The van der Waals surface area contributed by atoms with Crippen molar-refractivity contribution < 1.29 is 4.92 Å². The molecule has 0 saturated heterocycles. The van der Waals surface area contributed by atoms with Crippen LogP contribution in [0, 0.1) is 17.0 Å². The van der Waals surface area contributed by atoms with E-state index in [2.05, 4.69) is 15.7 Å². The molecule has 0 saturated carbocycles. The standard InChI is InChI=1S/C11H13N5O2S/c1-7-2-3-19-9(7)6-13-10-4-8(16(17)18)5-11(14-10)15-12/h2-5H,6,12H2,1H3,(H2,13,14,15). The van der Waals surface area contributed by atoms with E-state index in [1.165, 1.54) is 17.7 Å². The first-order chi connectivity index (χ1) is 9.10. The molecular weight excluding hydrogens is 266 g/mol. The molecule has 4 N–H and O–H groups in total. The smallest absolute Gasteiger partial charge is 0.276 e. The van der Waals surface area contributed by atoms with Crippen molar-refractivity contribution in [2.24, 2.45) is 5.84 Å². The molecule has 7 nitrogen and oxygen atoms in total. The van der Waals surface area contributed by atoms with Gasteiger partial charge in [0.15, 0.2) is 0 Å². The molecule has 0 spiro atoms. The Hall–Kier alpha value is -2.19. The maximum Gasteiger partial charge on any atom is 0.276 e. The predicted octanol–water partition coefficient (Wildman–Crippen LogP) is 2.26. The van der Waals surface area contributed by atoms with Gasteiger partial charge in [-0.15, -0.1) is 11.3 Å². The van der Waals surface area contributed by atoms with Crippen LogP contribution in [-0.4, -0.2) is 9.91 Å². The van der Waals surface area contributed by atoms with E-state index in [0.29, 0.717) is 12.4 Å². The third kappa shape index (κ3) is 3.18. The molecule has 2 heterocycles. The quantitative estimate of drug-likeness (QED) is 0.440. The second-order valence-corrected chi connectivity index (χ2v) is 4.88. The summed E-state index contributed by atoms with van der Waals surface area (Å²) in [5.41, 5.74) is 3.43. The van der Waals surface area contributed by atoms with E-state index < -0.39 is 4.92 Å². The van der Waals surface area contributed by atoms with Gasteiger partial charge >= 0.3 is 0 Å². The zero-order valence-corrected chi connectivity index (χ0v) is 11.0. The Labute approximate surface area is 113 Å². The molecule has 0 aliphatic carbocycles. The van der Waals surface area contributed by atoms with Crippen LogP contribution in [0.3, 0.4) is 0 Å². The lowest BCUT2D eigenvalue weighted by Crippen LogP contribution is -2.10. The number of hydrogen-bond donors (Lipinski definition) is 3. The Balaban J connectivity index is 2.17. The third-order valence-corrected chi connectivity index (χ3v) is 3.59. The highest BCUT2D eigenvalue weighted by molar-refractivity contribution is 7.10. The molecule has 0 unspecified atom stereocenters. The summed E-state index contributed by atoms with van der Waals surface area (Å²) >= 11 is 1.62. The minimum Gasteiger partial charge on any atom is -0.365 e. The number of nitrogens with zero attached hydrogens (tertiary/aromatic N) is 2. The van der Waals surface area contributed by atoms with Gasteiger partial charge in [-0.2, -0.15) is 0 Å². The molecule has 19 heavy (non-hydrogen) atoms. The number of nitrogens with two attached hydrogens (primary N) is 1. The summed E-state index contributed by atoms with van der Waals surface area (Å²) < 4.78 is 0. The number of hydrazine groups is 1. The SMILES string of the molecule is Cc1ccsc1CNc1cc([N+](=O)[O-])cc(NN)n1. The van der Waals surface area contributed by atoms with Gasteiger partial charge in [0.25, 0.3) is 5.69 Å². The first kappa shape index (κ1) is 13.2. The van der Waals surface area contributed by atoms with Gasteiger partial charge in [-0.05, 0) is 23.9 Å². The van der Waals surface area contributed by atoms with Crippen molar-refractivity contribution in [2.45, 2.75) is 13.5 Å². The summed E-state index contributed by atoms with van der Waals surface area (Å²) in [5, 5.41) is 15.8. The number of aryl methyl sites for hydroxylation is 1. The van der Waals surface area contributed by atoms with Crippen molar-refractivity contribution in [3.8, 4) is 0 Å². The molecular formula is C11H13N5O2S. The Morgan fingerprint density at radius 1 is 1.47 bits per heavy atom. The van der Waals surface area contributed by atoms with E-state index in [0.717, 1.165) is 4.88 Å². The predicted molar refractivity (Wildman–Crippen MR) is 75.1 cm³/mol. The van der Waals surface area contributed by atoms with Crippen molar-refractivity contribution in [1.29, 1.82) is 0 Å². The molecule has 0 fully saturated rings. The highest BCUT2D eigenvalue weighted by Gasteiger charge is 2.11. The number of nitrogen functional groups attached to an aromatic ring is 1. The topological polar surface area (TPSA) is 106 Å². The average molecular weight is 279 g/mol. The highest BCUT2D eigenvalue weighted by atomic mass is 32.1. The normalized spacial score (nSPS) is 10.2. The number of pyridine rings is 1. The minimum atomic E-state index is -0.482. The monoisotopic (exact) mass is 279 g/mol. The first-order valence-corrected chi connectivity index (χ1v) is 6.38. The molecule has 0 amide bonds. The van der Waals surface area contributed by atoms with Gasteiger partial charge in [0, 0.05) is 4.88 Å². The molecule has 0 radical (unpaired) electrons. The maximum atomic E-state index is 10.8. The fourth-order valence-electron chi connectivity index (χ4n) is 1.54. The Bertz CT molecular complexity index is 599. The molecule has 8 heteroatoms. The average Bonchev–Trinajstić information content (AvgIpc) is 2.81. The van der Waals surface area contributed by atoms with Gasteiger partial charge in [-0.3, -0.25) is 10.1 Å². The zero-order valence-electron chi connectivity index (χ0n) is 10.2. The van der Waals surface area contributed by atoms with Crippen molar-refractivity contribution in [1.82, 2.24) is 4.98 Å². The molecule has 0 aliphatic heterocycles. The number of rotatable bonds is 5. The first-order valence-electron chi connectivity index (χ1n) is 5.50. The lowest BCUT2D eigenvalue weighted by molar-refractivity contribution is -0.384. The van der Waals surface area contributed by atoms with Crippen molar-refractivity contribution >= 4 is 28.7 Å². The van der Waals surface area contributed by atoms with Gasteiger partial charge in [-0.1, -0.05) is 0 Å². The zero-order chi connectivity index (χ0) is 13.8. The Morgan fingerprint density at radius 3 is 2.79 bits per heavy atom. The number of nitro groups is 1. The number of aromatic nitrogens is 1. The van der Waals surface area contributed by atoms with Crippen LogP contribution in [0.25, 0.3) is 0 Å². The Morgan fingerprint density at radius 2 is 2.21 bits per heavy atom. The lowest BCUT2D eigenvalue weighted by Gasteiger charge is -2.07. The van der Waals surface area contributed by atoms with Gasteiger partial charge in [-0.25, -0.2) is 10.8 Å². The van der Waals surface area contributed by atoms with Crippen LogP contribution in [0.2, 0.25) is 0 Å². The third-order valence-electron chi connectivity index (χ3n) is 2.57. The van der Waals surface area contributed by atoms with Crippen LogP contribution in [0.15, 0.2) is 23.6 Å². The van der Waals surface area contributed by atoms with Gasteiger partial charge in [0.1, 0.15) is 11.6 Å². The molecule has 0 atom stereocenters. The molecule has 0 bridgehead atoms. The second-order valence-electron chi connectivity index (χ2n) is 3.88. The van der Waals surface area contributed by atoms with E-state index in [1.807, 2.05) is 18.4 Å². The van der Waals surface area contributed by atoms with E-state index in [1.54, 1.807) is 11.3 Å². The fraction of sp³-hybridized carbons (Fsp3) is 0.182.